The smallest absolute Gasteiger partial charge is 0.000209 e. The van der Waals surface area contributed by atoms with Gasteiger partial charge in [-0.05, 0) is 16.8 Å². The lowest BCUT2D eigenvalue weighted by Gasteiger charge is -2.12. The maximum absolute atomic E-state index is 2.52. The topological polar surface area (TPSA) is 0 Å². The molecule has 0 radical (unpaired) electrons. The van der Waals surface area contributed by atoms with E-state index in [0.29, 0.717) is 0 Å². The number of rotatable bonds is 14. The molecule has 0 aliphatic carbocycles. The van der Waals surface area contributed by atoms with E-state index in [1.54, 1.807) is 0 Å². The fourth-order valence-electron chi connectivity index (χ4n) is 2.63. The molecule has 0 bridgehead atoms. The molecule has 0 saturated heterocycles. The van der Waals surface area contributed by atoms with Gasteiger partial charge in [-0.25, -0.2) is 0 Å². The van der Waals surface area contributed by atoms with E-state index < -0.39 is 0 Å². The maximum Gasteiger partial charge on any atom is -0.000209 e. The largest absolute Gasteiger partial charge is 0.0864 e. The first kappa shape index (κ1) is 18.7. The van der Waals surface area contributed by atoms with Gasteiger partial charge in [0, 0.05) is 0 Å². The second-order valence-electron chi connectivity index (χ2n) is 5.72. The van der Waals surface area contributed by atoms with Crippen molar-refractivity contribution in [3.8, 4) is 0 Å². The lowest BCUT2D eigenvalue weighted by molar-refractivity contribution is 0.430. The van der Waals surface area contributed by atoms with Crippen LogP contribution in [0.5, 0.6) is 0 Å². The zero-order valence-corrected chi connectivity index (χ0v) is 15.0. The molecule has 0 spiro atoms. The predicted octanol–water partition coefficient (Wildman–Crippen LogP) is 7.15. The third kappa shape index (κ3) is 13.2. The minimum atomic E-state index is 1.01. The van der Waals surface area contributed by atoms with Gasteiger partial charge in [0.1, 0.15) is 0 Å². The van der Waals surface area contributed by atoms with Crippen molar-refractivity contribution in [2.75, 3.05) is 4.43 Å². The third-order valence-electron chi connectivity index (χ3n) is 4.06. The Hall–Kier alpha value is 0.730. The van der Waals surface area contributed by atoms with Gasteiger partial charge in [0.25, 0.3) is 0 Å². The fourth-order valence-corrected chi connectivity index (χ4v) is 3.51. The van der Waals surface area contributed by atoms with Crippen LogP contribution in [0.25, 0.3) is 0 Å². The first-order valence-corrected chi connectivity index (χ1v) is 9.93. The Morgan fingerprint density at radius 2 is 1.17 bits per heavy atom. The van der Waals surface area contributed by atoms with Gasteiger partial charge in [0.05, 0.1) is 0 Å². The highest BCUT2D eigenvalue weighted by atomic mass is 127. The van der Waals surface area contributed by atoms with Crippen molar-refractivity contribution in [2.24, 2.45) is 5.92 Å². The van der Waals surface area contributed by atoms with Crippen LogP contribution in [0.1, 0.15) is 97.3 Å². The Kier molecular flexibility index (Phi) is 16.4. The van der Waals surface area contributed by atoms with E-state index >= 15 is 0 Å². The van der Waals surface area contributed by atoms with Crippen LogP contribution in [0.3, 0.4) is 0 Å². The van der Waals surface area contributed by atoms with E-state index in [-0.39, 0.29) is 0 Å². The molecule has 0 aromatic heterocycles. The van der Waals surface area contributed by atoms with Gasteiger partial charge < -0.3 is 0 Å². The average Bonchev–Trinajstić information content (AvgIpc) is 2.39. The molecule has 0 aromatic rings. The summed E-state index contributed by atoms with van der Waals surface area (Å²) in [5.74, 6) is 1.01. The average molecular weight is 366 g/mol. The molecule has 0 aromatic carbocycles. The molecule has 0 nitrogen and oxygen atoms in total. The summed E-state index contributed by atoms with van der Waals surface area (Å²) in [4.78, 5) is 0. The molecule has 110 valence electrons. The summed E-state index contributed by atoms with van der Waals surface area (Å²) < 4.78 is 1.34. The molecular weight excluding hydrogens is 331 g/mol. The summed E-state index contributed by atoms with van der Waals surface area (Å²) in [7, 11) is 0. The minimum absolute atomic E-state index is 1.01. The maximum atomic E-state index is 2.52. The van der Waals surface area contributed by atoms with Crippen molar-refractivity contribution < 1.29 is 0 Å². The van der Waals surface area contributed by atoms with Crippen molar-refractivity contribution in [3.05, 3.63) is 0 Å². The van der Waals surface area contributed by atoms with Gasteiger partial charge in [-0.1, -0.05) is 113 Å². The molecule has 0 N–H and O–H groups in total. The number of hydrogen-bond acceptors (Lipinski definition) is 0. The van der Waals surface area contributed by atoms with Crippen LogP contribution in [0.4, 0.5) is 0 Å². The summed E-state index contributed by atoms with van der Waals surface area (Å²) in [6.07, 6.45) is 18.9. The van der Waals surface area contributed by atoms with Crippen LogP contribution >= 0.6 is 22.6 Å². The first-order valence-electron chi connectivity index (χ1n) is 8.41. The highest BCUT2D eigenvalue weighted by Gasteiger charge is 2.04. The molecule has 1 atom stereocenters. The second-order valence-corrected chi connectivity index (χ2v) is 6.80. The molecule has 0 aliphatic rings. The van der Waals surface area contributed by atoms with E-state index in [4.69, 9.17) is 0 Å². The van der Waals surface area contributed by atoms with Crippen LogP contribution in [0.15, 0.2) is 0 Å². The van der Waals surface area contributed by atoms with E-state index in [1.807, 2.05) is 0 Å². The Morgan fingerprint density at radius 3 is 1.61 bits per heavy atom. The first-order chi connectivity index (χ1) is 8.85. The van der Waals surface area contributed by atoms with Crippen molar-refractivity contribution in [3.63, 3.8) is 0 Å². The van der Waals surface area contributed by atoms with Gasteiger partial charge >= 0.3 is 0 Å². The number of halogens is 1. The minimum Gasteiger partial charge on any atom is -0.0864 e. The van der Waals surface area contributed by atoms with Gasteiger partial charge in [0.2, 0.25) is 0 Å². The predicted molar refractivity (Wildman–Crippen MR) is 93.7 cm³/mol. The number of unbranched alkanes of at least 4 members (excludes halogenated alkanes) is 9. The summed E-state index contributed by atoms with van der Waals surface area (Å²) in [5.41, 5.74) is 0. The molecule has 1 heteroatoms. The van der Waals surface area contributed by atoms with Gasteiger partial charge in [-0.2, -0.15) is 0 Å². The van der Waals surface area contributed by atoms with Crippen LogP contribution in [0.2, 0.25) is 0 Å². The highest BCUT2D eigenvalue weighted by molar-refractivity contribution is 14.1. The summed E-state index contributed by atoms with van der Waals surface area (Å²) >= 11 is 2.52. The van der Waals surface area contributed by atoms with E-state index in [9.17, 15) is 0 Å². The second kappa shape index (κ2) is 15.8. The highest BCUT2D eigenvalue weighted by Crippen LogP contribution is 2.19. The Balaban J connectivity index is 3.10. The summed E-state index contributed by atoms with van der Waals surface area (Å²) in [6.45, 7) is 4.65. The molecule has 18 heavy (non-hydrogen) atoms. The molecule has 0 amide bonds. The Morgan fingerprint density at radius 1 is 0.667 bits per heavy atom. The van der Waals surface area contributed by atoms with Crippen LogP contribution in [-0.4, -0.2) is 4.43 Å². The van der Waals surface area contributed by atoms with E-state index in [2.05, 4.69) is 36.4 Å². The standard InChI is InChI=1S/C17H35I/c1-3-5-6-7-8-9-10-11-12-13-14-17(4-2)15-16-18/h17H,3-16H2,1-2H3. The Labute approximate surface area is 130 Å². The molecule has 0 rings (SSSR count). The van der Waals surface area contributed by atoms with Crippen molar-refractivity contribution in [1.82, 2.24) is 0 Å². The van der Waals surface area contributed by atoms with Crippen molar-refractivity contribution >= 4 is 22.6 Å². The normalized spacial score (nSPS) is 12.8. The lowest BCUT2D eigenvalue weighted by atomic mass is 9.95. The van der Waals surface area contributed by atoms with Crippen LogP contribution in [0, 0.1) is 5.92 Å². The summed E-state index contributed by atoms with van der Waals surface area (Å²) in [5, 5.41) is 0. The zero-order chi connectivity index (χ0) is 13.5. The monoisotopic (exact) mass is 366 g/mol. The lowest BCUT2D eigenvalue weighted by Crippen LogP contribution is -1.99. The van der Waals surface area contributed by atoms with E-state index in [0.717, 1.165) is 5.92 Å². The molecule has 0 saturated carbocycles. The van der Waals surface area contributed by atoms with Crippen molar-refractivity contribution in [2.45, 2.75) is 97.3 Å². The quantitative estimate of drug-likeness (QED) is 0.174. The molecular formula is C17H35I. The van der Waals surface area contributed by atoms with Crippen molar-refractivity contribution in [1.29, 1.82) is 0 Å². The third-order valence-corrected chi connectivity index (χ3v) is 4.68. The molecule has 0 fully saturated rings. The molecule has 1 unspecified atom stereocenters. The molecule has 0 aliphatic heterocycles. The number of hydrogen-bond donors (Lipinski definition) is 0. The SMILES string of the molecule is CCCCCCCCCCCCC(CC)CCI. The number of alkyl halides is 1. The fraction of sp³-hybridized carbons (Fsp3) is 1.00. The van der Waals surface area contributed by atoms with Crippen LogP contribution < -0.4 is 0 Å². The van der Waals surface area contributed by atoms with Gasteiger partial charge in [0.15, 0.2) is 0 Å². The van der Waals surface area contributed by atoms with Gasteiger partial charge in [-0.15, -0.1) is 0 Å². The zero-order valence-electron chi connectivity index (χ0n) is 12.9. The van der Waals surface area contributed by atoms with Gasteiger partial charge in [-0.3, -0.25) is 0 Å². The Bertz CT molecular complexity index is 145. The van der Waals surface area contributed by atoms with E-state index in [1.165, 1.54) is 87.9 Å². The summed E-state index contributed by atoms with van der Waals surface area (Å²) in [6, 6.07) is 0. The molecule has 0 heterocycles. The van der Waals surface area contributed by atoms with Crippen LogP contribution in [-0.2, 0) is 0 Å².